The molecule has 0 aliphatic carbocycles. The highest BCUT2D eigenvalue weighted by Gasteiger charge is 2.38. The van der Waals surface area contributed by atoms with E-state index in [-0.39, 0.29) is 18.4 Å². The molecule has 0 aromatic heterocycles. The lowest BCUT2D eigenvalue weighted by Crippen LogP contribution is -2.41. The van der Waals surface area contributed by atoms with Crippen LogP contribution in [-0.4, -0.2) is 36.5 Å². The fourth-order valence-corrected chi connectivity index (χ4v) is 1.93. The van der Waals surface area contributed by atoms with E-state index in [0.717, 1.165) is 0 Å². The third kappa shape index (κ3) is 1.76. The molecule has 2 rings (SSSR count). The molecule has 4 heteroatoms. The lowest BCUT2D eigenvalue weighted by atomic mass is 10.1. The van der Waals surface area contributed by atoms with E-state index in [1.165, 1.54) is 12.0 Å². The molecule has 1 aromatic carbocycles. The fraction of sp³-hybridized carbons (Fsp3) is 0.231. The van der Waals surface area contributed by atoms with Crippen LogP contribution in [0.2, 0.25) is 0 Å². The molecule has 88 valence electrons. The van der Waals surface area contributed by atoms with Gasteiger partial charge < -0.3 is 4.74 Å². The summed E-state index contributed by atoms with van der Waals surface area (Å²) in [5.74, 6) is -0.569. The smallest absolute Gasteiger partial charge is 0.262 e. The molecule has 0 saturated carbocycles. The topological polar surface area (TPSA) is 46.6 Å². The highest BCUT2D eigenvalue weighted by atomic mass is 16.5. The van der Waals surface area contributed by atoms with Crippen LogP contribution < -0.4 is 0 Å². The number of imide groups is 1. The van der Waals surface area contributed by atoms with Crippen molar-refractivity contribution < 1.29 is 14.3 Å². The second kappa shape index (κ2) is 4.51. The Bertz CT molecular complexity index is 446. The largest absolute Gasteiger partial charge is 0.382 e. The molecule has 0 radical (unpaired) electrons. The molecule has 1 aliphatic rings. The van der Waals surface area contributed by atoms with Crippen LogP contribution in [0.1, 0.15) is 20.7 Å². The summed E-state index contributed by atoms with van der Waals surface area (Å²) in [4.78, 5) is 25.4. The van der Waals surface area contributed by atoms with Gasteiger partial charge in [0.25, 0.3) is 11.8 Å². The summed E-state index contributed by atoms with van der Waals surface area (Å²) in [6.07, 6.45) is 1.55. The van der Waals surface area contributed by atoms with E-state index in [9.17, 15) is 9.59 Å². The molecule has 1 atom stereocenters. The zero-order valence-corrected chi connectivity index (χ0v) is 9.55. The van der Waals surface area contributed by atoms with Crippen molar-refractivity contribution in [2.45, 2.75) is 6.04 Å². The van der Waals surface area contributed by atoms with E-state index < -0.39 is 6.04 Å². The Morgan fingerprint density at radius 1 is 1.29 bits per heavy atom. The normalized spacial score (nSPS) is 15.9. The third-order valence-electron chi connectivity index (χ3n) is 2.77. The third-order valence-corrected chi connectivity index (χ3v) is 2.77. The first kappa shape index (κ1) is 11.5. The van der Waals surface area contributed by atoms with Crippen molar-refractivity contribution in [1.29, 1.82) is 0 Å². The summed E-state index contributed by atoms with van der Waals surface area (Å²) in [5.41, 5.74) is 0.890. The number of nitrogens with zero attached hydrogens (tertiary/aromatic N) is 1. The molecule has 0 saturated heterocycles. The van der Waals surface area contributed by atoms with E-state index in [4.69, 9.17) is 4.74 Å². The molecule has 0 spiro atoms. The van der Waals surface area contributed by atoms with Crippen molar-refractivity contribution in [3.8, 4) is 0 Å². The summed E-state index contributed by atoms with van der Waals surface area (Å²) < 4.78 is 4.99. The Morgan fingerprint density at radius 2 is 1.82 bits per heavy atom. The van der Waals surface area contributed by atoms with Crippen LogP contribution in [0, 0.1) is 0 Å². The number of hydrogen-bond donors (Lipinski definition) is 0. The summed E-state index contributed by atoms with van der Waals surface area (Å²) in [6.45, 7) is 3.89. The number of fused-ring (bicyclic) bond motifs is 1. The average molecular weight is 231 g/mol. The quantitative estimate of drug-likeness (QED) is 0.582. The van der Waals surface area contributed by atoms with E-state index >= 15 is 0 Å². The molecule has 1 heterocycles. The molecule has 0 unspecified atom stereocenters. The number of ether oxygens (including phenoxy) is 1. The van der Waals surface area contributed by atoms with Gasteiger partial charge in [-0.05, 0) is 12.1 Å². The Morgan fingerprint density at radius 3 is 2.24 bits per heavy atom. The maximum atomic E-state index is 12.1. The van der Waals surface area contributed by atoms with Gasteiger partial charge in [-0.15, -0.1) is 6.58 Å². The predicted molar refractivity (Wildman–Crippen MR) is 62.8 cm³/mol. The maximum Gasteiger partial charge on any atom is 0.262 e. The SMILES string of the molecule is C=C[C@@H](COC)N1C(=O)c2ccccc2C1=O. The second-order valence-corrected chi connectivity index (χ2v) is 3.78. The van der Waals surface area contributed by atoms with Crippen LogP contribution >= 0.6 is 0 Å². The lowest BCUT2D eigenvalue weighted by molar-refractivity contribution is 0.0531. The van der Waals surface area contributed by atoms with Crippen molar-refractivity contribution in [2.75, 3.05) is 13.7 Å². The van der Waals surface area contributed by atoms with Gasteiger partial charge in [-0.25, -0.2) is 0 Å². The summed E-state index contributed by atoms with van der Waals surface area (Å²) in [6, 6.07) is 6.37. The van der Waals surface area contributed by atoms with E-state index in [1.54, 1.807) is 30.3 Å². The number of methoxy groups -OCH3 is 1. The van der Waals surface area contributed by atoms with Crippen LogP contribution in [0.25, 0.3) is 0 Å². The molecule has 1 aromatic rings. The lowest BCUT2D eigenvalue weighted by Gasteiger charge is -2.22. The fourth-order valence-electron chi connectivity index (χ4n) is 1.93. The summed E-state index contributed by atoms with van der Waals surface area (Å²) in [7, 11) is 1.52. The van der Waals surface area contributed by atoms with Gasteiger partial charge in [0.05, 0.1) is 23.8 Å². The minimum absolute atomic E-state index is 0.259. The van der Waals surface area contributed by atoms with Crippen molar-refractivity contribution in [2.24, 2.45) is 0 Å². The van der Waals surface area contributed by atoms with Crippen LogP contribution in [0.3, 0.4) is 0 Å². The van der Waals surface area contributed by atoms with Crippen LogP contribution in [0.5, 0.6) is 0 Å². The Balaban J connectivity index is 2.38. The average Bonchev–Trinajstić information content (AvgIpc) is 2.61. The summed E-state index contributed by atoms with van der Waals surface area (Å²) >= 11 is 0. The first-order valence-corrected chi connectivity index (χ1v) is 5.29. The molecule has 17 heavy (non-hydrogen) atoms. The molecular weight excluding hydrogens is 218 g/mol. The highest BCUT2D eigenvalue weighted by Crippen LogP contribution is 2.24. The van der Waals surface area contributed by atoms with Crippen molar-refractivity contribution in [1.82, 2.24) is 4.90 Å². The Labute approximate surface area is 99.5 Å². The van der Waals surface area contributed by atoms with Gasteiger partial charge in [-0.1, -0.05) is 18.2 Å². The zero-order chi connectivity index (χ0) is 12.4. The maximum absolute atomic E-state index is 12.1. The van der Waals surface area contributed by atoms with Gasteiger partial charge in [0.1, 0.15) is 0 Å². The van der Waals surface area contributed by atoms with E-state index in [1.807, 2.05) is 0 Å². The van der Waals surface area contributed by atoms with E-state index in [2.05, 4.69) is 6.58 Å². The molecular formula is C13H13NO3. The number of rotatable bonds is 4. The minimum Gasteiger partial charge on any atom is -0.382 e. The molecule has 0 fully saturated rings. The Hall–Kier alpha value is -1.94. The van der Waals surface area contributed by atoms with Crippen molar-refractivity contribution >= 4 is 11.8 Å². The number of benzene rings is 1. The van der Waals surface area contributed by atoms with Crippen molar-refractivity contribution in [3.05, 3.63) is 48.0 Å². The highest BCUT2D eigenvalue weighted by molar-refractivity contribution is 6.21. The predicted octanol–water partition coefficient (Wildman–Crippen LogP) is 1.48. The Kier molecular flexibility index (Phi) is 3.06. The van der Waals surface area contributed by atoms with Gasteiger partial charge in [-0.2, -0.15) is 0 Å². The molecule has 0 N–H and O–H groups in total. The molecule has 1 aliphatic heterocycles. The number of carbonyl (C=O) groups excluding carboxylic acids is 2. The first-order valence-electron chi connectivity index (χ1n) is 5.29. The van der Waals surface area contributed by atoms with Gasteiger partial charge >= 0.3 is 0 Å². The van der Waals surface area contributed by atoms with Crippen LogP contribution in [0.4, 0.5) is 0 Å². The second-order valence-electron chi connectivity index (χ2n) is 3.78. The number of hydrogen-bond acceptors (Lipinski definition) is 3. The zero-order valence-electron chi connectivity index (χ0n) is 9.55. The number of carbonyl (C=O) groups is 2. The number of amides is 2. The standard InChI is InChI=1S/C13H13NO3/c1-3-9(8-17-2)14-12(15)10-6-4-5-7-11(10)13(14)16/h3-7,9H,1,8H2,2H3/t9-/m0/s1. The van der Waals surface area contributed by atoms with Gasteiger partial charge in [0.2, 0.25) is 0 Å². The van der Waals surface area contributed by atoms with Crippen molar-refractivity contribution in [3.63, 3.8) is 0 Å². The van der Waals surface area contributed by atoms with Crippen LogP contribution in [-0.2, 0) is 4.74 Å². The molecule has 4 nitrogen and oxygen atoms in total. The minimum atomic E-state index is -0.424. The van der Waals surface area contributed by atoms with E-state index in [0.29, 0.717) is 11.1 Å². The van der Waals surface area contributed by atoms with Gasteiger partial charge in [0.15, 0.2) is 0 Å². The van der Waals surface area contributed by atoms with Gasteiger partial charge in [0, 0.05) is 7.11 Å². The molecule has 0 bridgehead atoms. The van der Waals surface area contributed by atoms with Crippen LogP contribution in [0.15, 0.2) is 36.9 Å². The summed E-state index contributed by atoms with van der Waals surface area (Å²) in [5, 5.41) is 0. The van der Waals surface area contributed by atoms with Gasteiger partial charge in [-0.3, -0.25) is 14.5 Å². The monoisotopic (exact) mass is 231 g/mol. The molecule has 2 amide bonds. The first-order chi connectivity index (χ1) is 8.20.